The molecule has 0 unspecified atom stereocenters. The Morgan fingerprint density at radius 1 is 1.18 bits per heavy atom. The zero-order valence-electron chi connectivity index (χ0n) is 12.2. The van der Waals surface area contributed by atoms with Crippen LogP contribution in [0.25, 0.3) is 0 Å². The summed E-state index contributed by atoms with van der Waals surface area (Å²) in [6.45, 7) is 0.650. The molecule has 0 radical (unpaired) electrons. The van der Waals surface area contributed by atoms with Crippen LogP contribution in [0.2, 0.25) is 0 Å². The first-order chi connectivity index (χ1) is 10.7. The maximum atomic E-state index is 12.5. The van der Waals surface area contributed by atoms with Gasteiger partial charge in [0.2, 0.25) is 5.91 Å². The SMILES string of the molecule is O=C(CSc1cccc[n+]1[O-])N(Cc1ccccc1)C1CC1. The van der Waals surface area contributed by atoms with Crippen LogP contribution in [0.15, 0.2) is 59.8 Å². The minimum atomic E-state index is 0.0974. The van der Waals surface area contributed by atoms with Gasteiger partial charge in [-0.3, -0.25) is 4.79 Å². The summed E-state index contributed by atoms with van der Waals surface area (Å²) in [4.78, 5) is 14.5. The Morgan fingerprint density at radius 2 is 1.91 bits per heavy atom. The number of amides is 1. The van der Waals surface area contributed by atoms with Crippen molar-refractivity contribution in [1.82, 2.24) is 4.90 Å². The van der Waals surface area contributed by atoms with Crippen LogP contribution in [0.5, 0.6) is 0 Å². The minimum Gasteiger partial charge on any atom is -0.618 e. The lowest BCUT2D eigenvalue weighted by Gasteiger charge is -2.22. The molecule has 1 aromatic carbocycles. The molecule has 1 fully saturated rings. The van der Waals surface area contributed by atoms with Crippen molar-refractivity contribution < 1.29 is 9.52 Å². The molecular weight excluding hydrogens is 296 g/mol. The molecule has 0 spiro atoms. The van der Waals surface area contributed by atoms with Crippen LogP contribution < -0.4 is 4.73 Å². The molecule has 0 saturated heterocycles. The van der Waals surface area contributed by atoms with Gasteiger partial charge in [0.05, 0.1) is 5.75 Å². The van der Waals surface area contributed by atoms with E-state index in [0.29, 0.717) is 23.4 Å². The standard InChI is InChI=1S/C17H18N2O2S/c20-16(13-22-17-8-4-5-11-19(17)21)18(15-9-10-15)12-14-6-2-1-3-7-14/h1-8,11,15H,9-10,12-13H2. The van der Waals surface area contributed by atoms with Gasteiger partial charge in [-0.2, -0.15) is 4.73 Å². The lowest BCUT2D eigenvalue weighted by molar-refractivity contribution is -0.645. The van der Waals surface area contributed by atoms with Crippen molar-refractivity contribution in [2.24, 2.45) is 0 Å². The Labute approximate surface area is 134 Å². The maximum Gasteiger partial charge on any atom is 0.251 e. The third-order valence-corrected chi connectivity index (χ3v) is 4.64. The summed E-state index contributed by atoms with van der Waals surface area (Å²) in [5, 5.41) is 12.2. The van der Waals surface area contributed by atoms with E-state index in [1.54, 1.807) is 12.1 Å². The van der Waals surface area contributed by atoms with E-state index in [9.17, 15) is 10.0 Å². The van der Waals surface area contributed by atoms with Gasteiger partial charge in [0.1, 0.15) is 0 Å². The Bertz CT molecular complexity index is 644. The van der Waals surface area contributed by atoms with Crippen LogP contribution in [0.4, 0.5) is 0 Å². The molecule has 5 heteroatoms. The van der Waals surface area contributed by atoms with Crippen LogP contribution in [0.1, 0.15) is 18.4 Å². The van der Waals surface area contributed by atoms with Crippen LogP contribution >= 0.6 is 11.8 Å². The molecule has 2 aromatic rings. The highest BCUT2D eigenvalue weighted by molar-refractivity contribution is 7.99. The van der Waals surface area contributed by atoms with Gasteiger partial charge >= 0.3 is 0 Å². The smallest absolute Gasteiger partial charge is 0.251 e. The largest absolute Gasteiger partial charge is 0.618 e. The molecule has 3 rings (SSSR count). The van der Waals surface area contributed by atoms with Crippen molar-refractivity contribution >= 4 is 17.7 Å². The van der Waals surface area contributed by atoms with Gasteiger partial charge in [0.25, 0.3) is 5.03 Å². The Morgan fingerprint density at radius 3 is 2.59 bits per heavy atom. The summed E-state index contributed by atoms with van der Waals surface area (Å²) in [6.07, 6.45) is 3.61. The number of thioether (sulfide) groups is 1. The second kappa shape index (κ2) is 6.83. The first kappa shape index (κ1) is 14.9. The van der Waals surface area contributed by atoms with Crippen molar-refractivity contribution in [3.63, 3.8) is 0 Å². The van der Waals surface area contributed by atoms with Crippen LogP contribution in [0, 0.1) is 5.21 Å². The number of pyridine rings is 1. The molecule has 4 nitrogen and oxygen atoms in total. The summed E-state index contributed by atoms with van der Waals surface area (Å²) in [7, 11) is 0. The first-order valence-electron chi connectivity index (χ1n) is 7.38. The number of carbonyl (C=O) groups is 1. The zero-order chi connectivity index (χ0) is 15.4. The van der Waals surface area contributed by atoms with E-state index in [-0.39, 0.29) is 5.91 Å². The van der Waals surface area contributed by atoms with Crippen LogP contribution in [0.3, 0.4) is 0 Å². The number of carbonyl (C=O) groups excluding carboxylic acids is 1. The van der Waals surface area contributed by atoms with E-state index in [0.717, 1.165) is 23.1 Å². The number of nitrogens with zero attached hydrogens (tertiary/aromatic N) is 2. The molecular formula is C17H18N2O2S. The van der Waals surface area contributed by atoms with Crippen LogP contribution in [-0.4, -0.2) is 22.6 Å². The lowest BCUT2D eigenvalue weighted by atomic mass is 10.2. The molecule has 1 aliphatic carbocycles. The molecule has 22 heavy (non-hydrogen) atoms. The lowest BCUT2D eigenvalue weighted by Crippen LogP contribution is -2.35. The van der Waals surface area contributed by atoms with Gasteiger partial charge < -0.3 is 10.1 Å². The molecule has 1 saturated carbocycles. The van der Waals surface area contributed by atoms with Gasteiger partial charge in [-0.05, 0) is 36.2 Å². The van der Waals surface area contributed by atoms with Crippen molar-refractivity contribution in [3.05, 3.63) is 65.5 Å². The maximum absolute atomic E-state index is 12.5. The fourth-order valence-electron chi connectivity index (χ4n) is 2.33. The molecule has 0 N–H and O–H groups in total. The van der Waals surface area contributed by atoms with E-state index < -0.39 is 0 Å². The fourth-order valence-corrected chi connectivity index (χ4v) is 3.13. The van der Waals surface area contributed by atoms with Gasteiger partial charge in [-0.25, -0.2) is 0 Å². The van der Waals surface area contributed by atoms with E-state index >= 15 is 0 Å². The van der Waals surface area contributed by atoms with Gasteiger partial charge in [-0.1, -0.05) is 30.3 Å². The second-order valence-electron chi connectivity index (χ2n) is 5.39. The van der Waals surface area contributed by atoms with Gasteiger partial charge in [-0.15, -0.1) is 0 Å². The first-order valence-corrected chi connectivity index (χ1v) is 8.37. The highest BCUT2D eigenvalue weighted by Gasteiger charge is 2.32. The van der Waals surface area contributed by atoms with Gasteiger partial charge in [0.15, 0.2) is 6.20 Å². The third kappa shape index (κ3) is 3.80. The monoisotopic (exact) mass is 314 g/mol. The Balaban J connectivity index is 1.62. The van der Waals surface area contributed by atoms with E-state index in [1.807, 2.05) is 41.3 Å². The van der Waals surface area contributed by atoms with Crippen molar-refractivity contribution in [3.8, 4) is 0 Å². The number of hydrogen-bond donors (Lipinski definition) is 0. The third-order valence-electron chi connectivity index (χ3n) is 3.64. The predicted molar refractivity (Wildman–Crippen MR) is 86.1 cm³/mol. The highest BCUT2D eigenvalue weighted by Crippen LogP contribution is 2.29. The molecule has 1 amide bonds. The van der Waals surface area contributed by atoms with E-state index in [2.05, 4.69) is 0 Å². The zero-order valence-corrected chi connectivity index (χ0v) is 13.0. The highest BCUT2D eigenvalue weighted by atomic mass is 32.2. The molecule has 114 valence electrons. The normalized spacial score (nSPS) is 13.8. The summed E-state index contributed by atoms with van der Waals surface area (Å²) >= 11 is 1.30. The molecule has 1 aromatic heterocycles. The summed E-state index contributed by atoms with van der Waals surface area (Å²) in [6, 6.07) is 15.6. The number of aromatic nitrogens is 1. The van der Waals surface area contributed by atoms with E-state index in [1.165, 1.54) is 18.0 Å². The Hall–Kier alpha value is -2.01. The average molecular weight is 314 g/mol. The fraction of sp³-hybridized carbons (Fsp3) is 0.294. The summed E-state index contributed by atoms with van der Waals surface area (Å²) < 4.78 is 0.802. The van der Waals surface area contributed by atoms with Crippen molar-refractivity contribution in [1.29, 1.82) is 0 Å². The molecule has 1 aliphatic rings. The molecule has 0 atom stereocenters. The van der Waals surface area contributed by atoms with Crippen molar-refractivity contribution in [2.75, 3.05) is 5.75 Å². The summed E-state index contributed by atoms with van der Waals surface area (Å²) in [5.41, 5.74) is 1.14. The van der Waals surface area contributed by atoms with Crippen molar-refractivity contribution in [2.45, 2.75) is 30.5 Å². The summed E-state index contributed by atoms with van der Waals surface area (Å²) in [5.74, 6) is 0.399. The number of hydrogen-bond acceptors (Lipinski definition) is 3. The number of benzene rings is 1. The Kier molecular flexibility index (Phi) is 4.63. The van der Waals surface area contributed by atoms with Crippen LogP contribution in [-0.2, 0) is 11.3 Å². The molecule has 0 aliphatic heterocycles. The quantitative estimate of drug-likeness (QED) is 0.468. The molecule has 0 bridgehead atoms. The number of rotatable bonds is 6. The second-order valence-corrected chi connectivity index (χ2v) is 6.39. The topological polar surface area (TPSA) is 47.2 Å². The van der Waals surface area contributed by atoms with Gasteiger partial charge in [0, 0.05) is 24.7 Å². The van der Waals surface area contributed by atoms with E-state index in [4.69, 9.17) is 0 Å². The molecule has 1 heterocycles. The predicted octanol–water partition coefficient (Wildman–Crippen LogP) is 2.60. The minimum absolute atomic E-state index is 0.0974. The average Bonchev–Trinajstić information content (AvgIpc) is 3.37.